The highest BCUT2D eigenvalue weighted by Gasteiger charge is 2.07. The lowest BCUT2D eigenvalue weighted by molar-refractivity contribution is 0.252. The summed E-state index contributed by atoms with van der Waals surface area (Å²) in [5, 5.41) is 6.11. The lowest BCUT2D eigenvalue weighted by Crippen LogP contribution is -2.30. The first-order valence-corrected chi connectivity index (χ1v) is 7.84. The van der Waals surface area contributed by atoms with Crippen LogP contribution in [0, 0.1) is 0 Å². The van der Waals surface area contributed by atoms with E-state index in [1.54, 1.807) is 31.4 Å². The Morgan fingerprint density at radius 3 is 3.00 bits per heavy atom. The third-order valence-corrected chi connectivity index (χ3v) is 3.70. The molecule has 2 heterocycles. The van der Waals surface area contributed by atoms with E-state index in [0.29, 0.717) is 23.7 Å². The van der Waals surface area contributed by atoms with E-state index in [1.165, 1.54) is 0 Å². The summed E-state index contributed by atoms with van der Waals surface area (Å²) in [5.74, 6) is 0.718. The maximum Gasteiger partial charge on any atom is 0.319 e. The average Bonchev–Trinajstić information content (AvgIpc) is 2.97. The molecule has 0 atom stereocenters. The van der Waals surface area contributed by atoms with Gasteiger partial charge in [0.2, 0.25) is 0 Å². The van der Waals surface area contributed by atoms with E-state index in [0.717, 1.165) is 17.1 Å². The second-order valence-electron chi connectivity index (χ2n) is 5.18. The van der Waals surface area contributed by atoms with Crippen LogP contribution in [0.2, 0.25) is 5.02 Å². The number of benzene rings is 1. The summed E-state index contributed by atoms with van der Waals surface area (Å²) in [6, 6.07) is 10.5. The van der Waals surface area contributed by atoms with Crippen LogP contribution in [0.5, 0.6) is 5.75 Å². The van der Waals surface area contributed by atoms with Gasteiger partial charge in [0.15, 0.2) is 11.4 Å². The van der Waals surface area contributed by atoms with Crippen LogP contribution in [0.1, 0.15) is 5.69 Å². The van der Waals surface area contributed by atoms with Crippen LogP contribution in [0.15, 0.2) is 48.8 Å². The van der Waals surface area contributed by atoms with Crippen LogP contribution in [0.4, 0.5) is 10.5 Å². The average molecular weight is 345 g/mol. The molecule has 0 unspecified atom stereocenters. The maximum absolute atomic E-state index is 11.9. The number of anilines is 1. The van der Waals surface area contributed by atoms with Gasteiger partial charge in [0.05, 0.1) is 12.8 Å². The molecule has 6 nitrogen and oxygen atoms in total. The zero-order chi connectivity index (χ0) is 16.9. The van der Waals surface area contributed by atoms with Crippen molar-refractivity contribution < 1.29 is 9.53 Å². The molecule has 2 amide bonds. The summed E-state index contributed by atoms with van der Waals surface area (Å²) >= 11 is 5.88. The third-order valence-electron chi connectivity index (χ3n) is 3.47. The van der Waals surface area contributed by atoms with Crippen LogP contribution < -0.4 is 15.4 Å². The number of halogens is 1. The van der Waals surface area contributed by atoms with Gasteiger partial charge in [-0.05, 0) is 30.3 Å². The second-order valence-corrected chi connectivity index (χ2v) is 5.62. The van der Waals surface area contributed by atoms with E-state index in [-0.39, 0.29) is 6.03 Å². The summed E-state index contributed by atoms with van der Waals surface area (Å²) in [4.78, 5) is 16.4. The molecule has 24 heavy (non-hydrogen) atoms. The van der Waals surface area contributed by atoms with Gasteiger partial charge in [0, 0.05) is 36.1 Å². The largest absolute Gasteiger partial charge is 0.493 e. The Hall–Kier alpha value is -2.73. The van der Waals surface area contributed by atoms with Gasteiger partial charge >= 0.3 is 6.03 Å². The first-order valence-electron chi connectivity index (χ1n) is 7.47. The van der Waals surface area contributed by atoms with Gasteiger partial charge in [-0.25, -0.2) is 9.78 Å². The first-order chi connectivity index (χ1) is 11.7. The Morgan fingerprint density at radius 1 is 1.33 bits per heavy atom. The zero-order valence-electron chi connectivity index (χ0n) is 13.1. The molecule has 3 rings (SSSR count). The third kappa shape index (κ3) is 3.78. The molecule has 1 aromatic carbocycles. The molecule has 0 saturated heterocycles. The molecule has 0 aliphatic heterocycles. The zero-order valence-corrected chi connectivity index (χ0v) is 13.9. The summed E-state index contributed by atoms with van der Waals surface area (Å²) in [7, 11) is 1.62. The molecule has 0 spiro atoms. The van der Waals surface area contributed by atoms with Gasteiger partial charge in [-0.15, -0.1) is 0 Å². The fourth-order valence-electron chi connectivity index (χ4n) is 2.36. The quantitative estimate of drug-likeness (QED) is 0.745. The Morgan fingerprint density at radius 2 is 2.21 bits per heavy atom. The van der Waals surface area contributed by atoms with Crippen molar-refractivity contribution in [2.45, 2.75) is 6.42 Å². The minimum absolute atomic E-state index is 0.279. The van der Waals surface area contributed by atoms with Gasteiger partial charge in [0.1, 0.15) is 0 Å². The number of hydrogen-bond donors (Lipinski definition) is 2. The van der Waals surface area contributed by atoms with Crippen molar-refractivity contribution in [1.82, 2.24) is 14.7 Å². The molecule has 3 aromatic rings. The molecule has 0 radical (unpaired) electrons. The molecule has 0 bridgehead atoms. The summed E-state index contributed by atoms with van der Waals surface area (Å²) < 4.78 is 7.19. The number of urea groups is 1. The lowest BCUT2D eigenvalue weighted by atomic mass is 10.3. The van der Waals surface area contributed by atoms with Gasteiger partial charge in [-0.3, -0.25) is 0 Å². The number of hydrogen-bond acceptors (Lipinski definition) is 3. The topological polar surface area (TPSA) is 67.7 Å². The number of aromatic nitrogens is 2. The fraction of sp³-hybridized carbons (Fsp3) is 0.176. The summed E-state index contributed by atoms with van der Waals surface area (Å²) in [5.41, 5.74) is 2.29. The number of carbonyl (C=O) groups is 1. The normalized spacial score (nSPS) is 10.6. The molecule has 0 aliphatic carbocycles. The Kier molecular flexibility index (Phi) is 4.86. The van der Waals surface area contributed by atoms with Crippen LogP contribution >= 0.6 is 11.6 Å². The SMILES string of the molecule is COc1cccn2cc(CCNC(=O)Nc3cccc(Cl)c3)nc12. The highest BCUT2D eigenvalue weighted by atomic mass is 35.5. The van der Waals surface area contributed by atoms with E-state index in [1.807, 2.05) is 28.9 Å². The lowest BCUT2D eigenvalue weighted by Gasteiger charge is -2.07. The number of pyridine rings is 1. The summed E-state index contributed by atoms with van der Waals surface area (Å²) in [6.07, 6.45) is 4.45. The monoisotopic (exact) mass is 344 g/mol. The Balaban J connectivity index is 1.55. The molecule has 0 aliphatic rings. The maximum atomic E-state index is 11.9. The standard InChI is InChI=1S/C17H17ClN4O2/c1-24-15-6-3-9-22-11-14(20-16(15)22)7-8-19-17(23)21-13-5-2-4-12(18)10-13/h2-6,9-11H,7-8H2,1H3,(H2,19,21,23). The van der Waals surface area contributed by atoms with Crippen molar-refractivity contribution in [2.75, 3.05) is 19.0 Å². The van der Waals surface area contributed by atoms with Crippen LogP contribution in [-0.4, -0.2) is 29.1 Å². The summed E-state index contributed by atoms with van der Waals surface area (Å²) in [6.45, 7) is 0.471. The van der Waals surface area contributed by atoms with E-state index >= 15 is 0 Å². The number of ether oxygens (including phenoxy) is 1. The van der Waals surface area contributed by atoms with Crippen molar-refractivity contribution in [3.63, 3.8) is 0 Å². The minimum atomic E-state index is -0.279. The number of methoxy groups -OCH3 is 1. The molecular weight excluding hydrogens is 328 g/mol. The molecule has 7 heteroatoms. The van der Waals surface area contributed by atoms with Crippen molar-refractivity contribution in [3.05, 3.63) is 59.5 Å². The number of carbonyl (C=O) groups excluding carboxylic acids is 1. The molecule has 124 valence electrons. The van der Waals surface area contributed by atoms with Gasteiger partial charge in [-0.1, -0.05) is 17.7 Å². The smallest absolute Gasteiger partial charge is 0.319 e. The number of amides is 2. The van der Waals surface area contributed by atoms with Crippen LogP contribution in [0.3, 0.4) is 0 Å². The highest BCUT2D eigenvalue weighted by Crippen LogP contribution is 2.18. The molecule has 2 aromatic heterocycles. The minimum Gasteiger partial charge on any atom is -0.493 e. The van der Waals surface area contributed by atoms with E-state index in [9.17, 15) is 4.79 Å². The molecule has 2 N–H and O–H groups in total. The van der Waals surface area contributed by atoms with E-state index < -0.39 is 0 Å². The van der Waals surface area contributed by atoms with Crippen molar-refractivity contribution >= 4 is 29.0 Å². The molecule has 0 saturated carbocycles. The Bertz CT molecular complexity index is 863. The predicted molar refractivity (Wildman–Crippen MR) is 93.9 cm³/mol. The fourth-order valence-corrected chi connectivity index (χ4v) is 2.55. The van der Waals surface area contributed by atoms with Crippen LogP contribution in [-0.2, 0) is 6.42 Å². The van der Waals surface area contributed by atoms with Gasteiger partial charge in [0.25, 0.3) is 0 Å². The predicted octanol–water partition coefficient (Wildman–Crippen LogP) is 3.36. The number of rotatable bonds is 5. The first kappa shape index (κ1) is 16.1. The van der Waals surface area contributed by atoms with Crippen molar-refractivity contribution in [1.29, 1.82) is 0 Å². The molecule has 0 fully saturated rings. The molecular formula is C17H17ClN4O2. The van der Waals surface area contributed by atoms with E-state index in [2.05, 4.69) is 15.6 Å². The Labute approximate surface area is 144 Å². The van der Waals surface area contributed by atoms with Gasteiger partial charge < -0.3 is 19.8 Å². The number of imidazole rings is 1. The second kappa shape index (κ2) is 7.23. The number of nitrogens with zero attached hydrogens (tertiary/aromatic N) is 2. The highest BCUT2D eigenvalue weighted by molar-refractivity contribution is 6.30. The van der Waals surface area contributed by atoms with Crippen molar-refractivity contribution in [2.24, 2.45) is 0 Å². The van der Waals surface area contributed by atoms with Crippen molar-refractivity contribution in [3.8, 4) is 5.75 Å². The number of fused-ring (bicyclic) bond motifs is 1. The van der Waals surface area contributed by atoms with Gasteiger partial charge in [-0.2, -0.15) is 0 Å². The van der Waals surface area contributed by atoms with Crippen LogP contribution in [0.25, 0.3) is 5.65 Å². The number of nitrogens with one attached hydrogen (secondary N) is 2. The van der Waals surface area contributed by atoms with E-state index in [4.69, 9.17) is 16.3 Å².